The highest BCUT2D eigenvalue weighted by molar-refractivity contribution is 7.99. The van der Waals surface area contributed by atoms with Crippen molar-refractivity contribution in [2.75, 3.05) is 0 Å². The molecule has 4 heteroatoms. The maximum atomic E-state index is 8.96. The molecule has 0 N–H and O–H groups in total. The number of rotatable bonds is 5. The maximum absolute atomic E-state index is 8.96. The molecule has 0 aliphatic heterocycles. The number of hydrogen-bond acceptors (Lipinski definition) is 3. The van der Waals surface area contributed by atoms with Gasteiger partial charge >= 0.3 is 0 Å². The quantitative estimate of drug-likeness (QED) is 0.825. The highest BCUT2D eigenvalue weighted by Crippen LogP contribution is 2.34. The van der Waals surface area contributed by atoms with Crippen LogP contribution in [0.25, 0.3) is 0 Å². The lowest BCUT2D eigenvalue weighted by Gasteiger charge is -2.10. The van der Waals surface area contributed by atoms with Gasteiger partial charge in [-0.25, -0.2) is 4.98 Å². The van der Waals surface area contributed by atoms with Gasteiger partial charge in [-0.2, -0.15) is 5.26 Å². The summed E-state index contributed by atoms with van der Waals surface area (Å²) in [6.07, 6.45) is 0.364. The zero-order chi connectivity index (χ0) is 14.5. The molecule has 2 aromatic rings. The SMILES string of the molecule is CCn1c(CC#N)nc(C(C)C)c1Sc1ccccc1. The van der Waals surface area contributed by atoms with E-state index in [0.717, 1.165) is 18.1 Å². The molecule has 2 rings (SSSR count). The third kappa shape index (κ3) is 3.05. The van der Waals surface area contributed by atoms with Crippen LogP contribution in [0.4, 0.5) is 0 Å². The highest BCUT2D eigenvalue weighted by atomic mass is 32.2. The first-order valence-electron chi connectivity index (χ1n) is 6.86. The van der Waals surface area contributed by atoms with E-state index < -0.39 is 0 Å². The van der Waals surface area contributed by atoms with Crippen LogP contribution in [0.15, 0.2) is 40.3 Å². The van der Waals surface area contributed by atoms with E-state index in [1.807, 2.05) is 18.2 Å². The minimum atomic E-state index is 0.353. The number of hydrogen-bond donors (Lipinski definition) is 0. The Kier molecular flexibility index (Phi) is 4.86. The minimum Gasteiger partial charge on any atom is -0.322 e. The van der Waals surface area contributed by atoms with Crippen molar-refractivity contribution < 1.29 is 0 Å². The third-order valence-electron chi connectivity index (χ3n) is 3.08. The van der Waals surface area contributed by atoms with Gasteiger partial charge in [-0.3, -0.25) is 0 Å². The van der Waals surface area contributed by atoms with Gasteiger partial charge in [0.05, 0.1) is 18.2 Å². The van der Waals surface area contributed by atoms with Crippen LogP contribution in [0.2, 0.25) is 0 Å². The minimum absolute atomic E-state index is 0.353. The number of aromatic nitrogens is 2. The van der Waals surface area contributed by atoms with E-state index in [-0.39, 0.29) is 0 Å². The zero-order valence-corrected chi connectivity index (χ0v) is 12.9. The van der Waals surface area contributed by atoms with E-state index in [1.165, 1.54) is 9.92 Å². The molecule has 0 aliphatic rings. The Hall–Kier alpha value is -1.73. The van der Waals surface area contributed by atoms with E-state index in [1.54, 1.807) is 11.8 Å². The summed E-state index contributed by atoms with van der Waals surface area (Å²) in [6, 6.07) is 12.5. The van der Waals surface area contributed by atoms with Crippen molar-refractivity contribution in [3.8, 4) is 6.07 Å². The molecule has 0 radical (unpaired) electrons. The molecule has 1 aromatic carbocycles. The average molecular weight is 285 g/mol. The molecule has 0 saturated carbocycles. The Morgan fingerprint density at radius 3 is 2.55 bits per heavy atom. The van der Waals surface area contributed by atoms with Gasteiger partial charge in [0.2, 0.25) is 0 Å². The lowest BCUT2D eigenvalue weighted by Crippen LogP contribution is -2.02. The first-order valence-corrected chi connectivity index (χ1v) is 7.68. The molecule has 0 bridgehead atoms. The van der Waals surface area contributed by atoms with E-state index in [0.29, 0.717) is 12.3 Å². The van der Waals surface area contributed by atoms with Crippen molar-refractivity contribution in [1.82, 2.24) is 9.55 Å². The van der Waals surface area contributed by atoms with Crippen LogP contribution in [-0.4, -0.2) is 9.55 Å². The Balaban J connectivity index is 2.46. The molecule has 104 valence electrons. The molecule has 0 amide bonds. The normalized spacial score (nSPS) is 10.8. The topological polar surface area (TPSA) is 41.6 Å². The Morgan fingerprint density at radius 1 is 1.30 bits per heavy atom. The van der Waals surface area contributed by atoms with Crippen molar-refractivity contribution in [3.63, 3.8) is 0 Å². The molecular weight excluding hydrogens is 266 g/mol. The Morgan fingerprint density at radius 2 is 2.00 bits per heavy atom. The van der Waals surface area contributed by atoms with E-state index in [9.17, 15) is 0 Å². The summed E-state index contributed by atoms with van der Waals surface area (Å²) in [5.41, 5.74) is 1.09. The fourth-order valence-corrected chi connectivity index (χ4v) is 3.37. The molecule has 0 saturated heterocycles. The molecule has 20 heavy (non-hydrogen) atoms. The zero-order valence-electron chi connectivity index (χ0n) is 12.1. The summed E-state index contributed by atoms with van der Waals surface area (Å²) in [7, 11) is 0. The molecule has 3 nitrogen and oxygen atoms in total. The summed E-state index contributed by atoms with van der Waals surface area (Å²) in [4.78, 5) is 5.89. The highest BCUT2D eigenvalue weighted by Gasteiger charge is 2.19. The lowest BCUT2D eigenvalue weighted by atomic mass is 10.1. The molecule has 0 aliphatic carbocycles. The van der Waals surface area contributed by atoms with Crippen LogP contribution < -0.4 is 0 Å². The second kappa shape index (κ2) is 6.62. The Bertz CT molecular complexity index is 609. The third-order valence-corrected chi connectivity index (χ3v) is 4.21. The summed E-state index contributed by atoms with van der Waals surface area (Å²) in [6.45, 7) is 7.23. The molecule has 0 unspecified atom stereocenters. The van der Waals surface area contributed by atoms with Gasteiger partial charge in [-0.1, -0.05) is 43.8 Å². The number of nitrogens with zero attached hydrogens (tertiary/aromatic N) is 3. The van der Waals surface area contributed by atoms with Crippen LogP contribution in [0.1, 0.15) is 38.2 Å². The van der Waals surface area contributed by atoms with E-state index in [4.69, 9.17) is 5.26 Å². The first-order chi connectivity index (χ1) is 9.67. The Labute approximate surface area is 124 Å². The molecule has 0 spiro atoms. The number of benzene rings is 1. The van der Waals surface area contributed by atoms with Crippen LogP contribution in [0, 0.1) is 11.3 Å². The molecule has 1 heterocycles. The van der Waals surface area contributed by atoms with Crippen molar-refractivity contribution in [2.45, 2.75) is 49.6 Å². The van der Waals surface area contributed by atoms with Crippen molar-refractivity contribution in [2.24, 2.45) is 0 Å². The first kappa shape index (κ1) is 14.7. The smallest absolute Gasteiger partial charge is 0.124 e. The van der Waals surface area contributed by atoms with Crippen molar-refractivity contribution in [3.05, 3.63) is 41.9 Å². The van der Waals surface area contributed by atoms with Crippen LogP contribution in [0.3, 0.4) is 0 Å². The van der Waals surface area contributed by atoms with Gasteiger partial charge in [0.15, 0.2) is 0 Å². The molecule has 0 atom stereocenters. The molecule has 0 fully saturated rings. The summed E-state index contributed by atoms with van der Waals surface area (Å²) < 4.78 is 2.16. The van der Waals surface area contributed by atoms with E-state index in [2.05, 4.69) is 48.5 Å². The maximum Gasteiger partial charge on any atom is 0.124 e. The average Bonchev–Trinajstić information content (AvgIpc) is 2.78. The van der Waals surface area contributed by atoms with Crippen molar-refractivity contribution >= 4 is 11.8 Å². The summed E-state index contributed by atoms with van der Waals surface area (Å²) >= 11 is 1.73. The van der Waals surface area contributed by atoms with E-state index >= 15 is 0 Å². The summed E-state index contributed by atoms with van der Waals surface area (Å²) in [5, 5.41) is 10.1. The standard InChI is InChI=1S/C16H19N3S/c1-4-19-14(10-11-17)18-15(12(2)3)16(19)20-13-8-6-5-7-9-13/h5-9,12H,4,10H2,1-3H3. The van der Waals surface area contributed by atoms with Gasteiger partial charge in [-0.15, -0.1) is 0 Å². The van der Waals surface area contributed by atoms with Crippen LogP contribution in [-0.2, 0) is 13.0 Å². The monoisotopic (exact) mass is 285 g/mol. The largest absolute Gasteiger partial charge is 0.322 e. The molecule has 1 aromatic heterocycles. The van der Waals surface area contributed by atoms with Gasteiger partial charge in [0.25, 0.3) is 0 Å². The van der Waals surface area contributed by atoms with Crippen molar-refractivity contribution in [1.29, 1.82) is 5.26 Å². The second-order valence-electron chi connectivity index (χ2n) is 4.87. The molecular formula is C16H19N3S. The van der Waals surface area contributed by atoms with Gasteiger partial charge in [-0.05, 0) is 25.0 Å². The fraction of sp³-hybridized carbons (Fsp3) is 0.375. The second-order valence-corrected chi connectivity index (χ2v) is 5.93. The fourth-order valence-electron chi connectivity index (χ4n) is 2.12. The van der Waals surface area contributed by atoms with Crippen LogP contribution >= 0.6 is 11.8 Å². The van der Waals surface area contributed by atoms with Gasteiger partial charge in [0, 0.05) is 11.4 Å². The lowest BCUT2D eigenvalue weighted by molar-refractivity contribution is 0.657. The van der Waals surface area contributed by atoms with Crippen LogP contribution in [0.5, 0.6) is 0 Å². The number of imidazole rings is 1. The predicted octanol–water partition coefficient (Wildman–Crippen LogP) is 4.24. The number of nitriles is 1. The summed E-state index contributed by atoms with van der Waals surface area (Å²) in [5.74, 6) is 1.23. The predicted molar refractivity (Wildman–Crippen MR) is 81.9 cm³/mol. The van der Waals surface area contributed by atoms with Gasteiger partial charge in [0.1, 0.15) is 10.9 Å². The van der Waals surface area contributed by atoms with Gasteiger partial charge < -0.3 is 4.57 Å².